The minimum absolute atomic E-state index is 0.372. The van der Waals surface area contributed by atoms with Crippen LogP contribution in [0.1, 0.15) is 12.0 Å². The molecule has 0 aliphatic carbocycles. The van der Waals surface area contributed by atoms with Gasteiger partial charge in [-0.1, -0.05) is 6.07 Å². The predicted octanol–water partition coefficient (Wildman–Crippen LogP) is 1.94. The lowest BCUT2D eigenvalue weighted by Crippen LogP contribution is -2.26. The highest BCUT2D eigenvalue weighted by atomic mass is 16.6. The van der Waals surface area contributed by atoms with Crippen LogP contribution in [0, 0.1) is 0 Å². The number of ether oxygens (including phenoxy) is 3. The summed E-state index contributed by atoms with van der Waals surface area (Å²) in [7, 11) is 1.61. The van der Waals surface area contributed by atoms with Crippen molar-refractivity contribution in [3.8, 4) is 17.4 Å². The van der Waals surface area contributed by atoms with Crippen molar-refractivity contribution in [2.75, 3.05) is 38.7 Å². The molecule has 1 atom stereocenters. The summed E-state index contributed by atoms with van der Waals surface area (Å²) >= 11 is 0. The third kappa shape index (κ3) is 3.76. The average molecular weight is 342 g/mol. The number of likely N-dealkylation sites (tertiary alicyclic amines) is 1. The van der Waals surface area contributed by atoms with Gasteiger partial charge in [-0.3, -0.25) is 4.90 Å². The normalized spacial score (nSPS) is 19.6. The SMILES string of the molecule is COc1cc(NC2CCN(Cc3ccc4c(c3)OCCO4)C2)ncn1. The Hall–Kier alpha value is -2.54. The Morgan fingerprint density at radius 1 is 1.20 bits per heavy atom. The molecule has 2 aliphatic rings. The predicted molar refractivity (Wildman–Crippen MR) is 93.3 cm³/mol. The molecule has 1 N–H and O–H groups in total. The molecule has 7 heteroatoms. The second-order valence-electron chi connectivity index (χ2n) is 6.29. The fourth-order valence-corrected chi connectivity index (χ4v) is 3.28. The van der Waals surface area contributed by atoms with Crippen LogP contribution in [0.4, 0.5) is 5.82 Å². The van der Waals surface area contributed by atoms with Crippen LogP contribution in [-0.2, 0) is 6.54 Å². The first-order chi connectivity index (χ1) is 12.3. The lowest BCUT2D eigenvalue weighted by Gasteiger charge is -2.21. The maximum absolute atomic E-state index is 5.67. The molecule has 0 spiro atoms. The summed E-state index contributed by atoms with van der Waals surface area (Å²) < 4.78 is 16.4. The van der Waals surface area contributed by atoms with E-state index in [0.717, 1.165) is 43.4 Å². The Morgan fingerprint density at radius 3 is 2.96 bits per heavy atom. The summed E-state index contributed by atoms with van der Waals surface area (Å²) in [6.45, 7) is 4.17. The van der Waals surface area contributed by atoms with E-state index in [0.29, 0.717) is 25.1 Å². The molecule has 3 heterocycles. The summed E-state index contributed by atoms with van der Waals surface area (Å²) in [6.07, 6.45) is 2.60. The van der Waals surface area contributed by atoms with Crippen LogP contribution in [0.5, 0.6) is 17.4 Å². The zero-order valence-corrected chi connectivity index (χ0v) is 14.3. The van der Waals surface area contributed by atoms with Crippen LogP contribution in [0.3, 0.4) is 0 Å². The molecule has 1 unspecified atom stereocenters. The van der Waals surface area contributed by atoms with E-state index in [9.17, 15) is 0 Å². The van der Waals surface area contributed by atoms with Crippen LogP contribution in [0.25, 0.3) is 0 Å². The van der Waals surface area contributed by atoms with Gasteiger partial charge in [0.25, 0.3) is 0 Å². The molecule has 132 valence electrons. The topological polar surface area (TPSA) is 68.7 Å². The Bertz CT molecular complexity index is 740. The highest BCUT2D eigenvalue weighted by molar-refractivity contribution is 5.44. The van der Waals surface area contributed by atoms with E-state index >= 15 is 0 Å². The van der Waals surface area contributed by atoms with E-state index in [1.54, 1.807) is 7.11 Å². The van der Waals surface area contributed by atoms with E-state index in [-0.39, 0.29) is 0 Å². The monoisotopic (exact) mass is 342 g/mol. The molecule has 2 aromatic rings. The first-order valence-electron chi connectivity index (χ1n) is 8.53. The first-order valence-corrected chi connectivity index (χ1v) is 8.53. The number of fused-ring (bicyclic) bond motifs is 1. The van der Waals surface area contributed by atoms with Gasteiger partial charge in [0.05, 0.1) is 7.11 Å². The molecule has 0 radical (unpaired) electrons. The lowest BCUT2D eigenvalue weighted by molar-refractivity contribution is 0.171. The molecular weight excluding hydrogens is 320 g/mol. The summed E-state index contributed by atoms with van der Waals surface area (Å²) in [4.78, 5) is 10.7. The standard InChI is InChI=1S/C18H22N4O3/c1-23-18-9-17(19-12-20-18)21-14-4-5-22(11-14)10-13-2-3-15-16(8-13)25-7-6-24-15/h2-3,8-9,12,14H,4-7,10-11H2,1H3,(H,19,20,21). The molecule has 0 bridgehead atoms. The van der Waals surface area contributed by atoms with Gasteiger partial charge >= 0.3 is 0 Å². The second kappa shape index (κ2) is 7.14. The maximum Gasteiger partial charge on any atom is 0.218 e. The summed E-state index contributed by atoms with van der Waals surface area (Å²) in [5, 5.41) is 3.46. The van der Waals surface area contributed by atoms with Crippen molar-refractivity contribution in [1.82, 2.24) is 14.9 Å². The molecule has 4 rings (SSSR count). The second-order valence-corrected chi connectivity index (χ2v) is 6.29. The average Bonchev–Trinajstić information content (AvgIpc) is 3.08. The zero-order valence-electron chi connectivity index (χ0n) is 14.3. The number of methoxy groups -OCH3 is 1. The maximum atomic E-state index is 5.67. The smallest absolute Gasteiger partial charge is 0.218 e. The van der Waals surface area contributed by atoms with Crippen molar-refractivity contribution in [1.29, 1.82) is 0 Å². The molecule has 1 saturated heterocycles. The third-order valence-corrected chi connectivity index (χ3v) is 4.49. The van der Waals surface area contributed by atoms with Crippen molar-refractivity contribution in [2.45, 2.75) is 19.0 Å². The van der Waals surface area contributed by atoms with E-state index in [2.05, 4.69) is 32.3 Å². The zero-order chi connectivity index (χ0) is 17.1. The summed E-state index contributed by atoms with van der Waals surface area (Å²) in [6, 6.07) is 8.40. The highest BCUT2D eigenvalue weighted by Crippen LogP contribution is 2.31. The van der Waals surface area contributed by atoms with E-state index in [1.807, 2.05) is 12.1 Å². The Kier molecular flexibility index (Phi) is 4.56. The number of nitrogens with zero attached hydrogens (tertiary/aromatic N) is 3. The number of benzene rings is 1. The molecule has 1 aromatic heterocycles. The Labute approximate surface area is 146 Å². The van der Waals surface area contributed by atoms with Gasteiger partial charge < -0.3 is 19.5 Å². The van der Waals surface area contributed by atoms with Crippen molar-refractivity contribution >= 4 is 5.82 Å². The highest BCUT2D eigenvalue weighted by Gasteiger charge is 2.23. The van der Waals surface area contributed by atoms with Gasteiger partial charge in [0.15, 0.2) is 11.5 Å². The molecule has 2 aliphatic heterocycles. The number of nitrogens with one attached hydrogen (secondary N) is 1. The number of hydrogen-bond acceptors (Lipinski definition) is 7. The minimum Gasteiger partial charge on any atom is -0.486 e. The van der Waals surface area contributed by atoms with Gasteiger partial charge in [0.1, 0.15) is 25.4 Å². The van der Waals surface area contributed by atoms with E-state index in [4.69, 9.17) is 14.2 Å². The van der Waals surface area contributed by atoms with Crippen molar-refractivity contribution in [3.63, 3.8) is 0 Å². The summed E-state index contributed by atoms with van der Waals surface area (Å²) in [5.74, 6) is 3.07. The van der Waals surface area contributed by atoms with Crippen LogP contribution in [0.2, 0.25) is 0 Å². The van der Waals surface area contributed by atoms with Crippen LogP contribution in [0.15, 0.2) is 30.6 Å². The van der Waals surface area contributed by atoms with Gasteiger partial charge in [-0.15, -0.1) is 0 Å². The number of rotatable bonds is 5. The fourth-order valence-electron chi connectivity index (χ4n) is 3.28. The van der Waals surface area contributed by atoms with Crippen molar-refractivity contribution in [3.05, 3.63) is 36.2 Å². The van der Waals surface area contributed by atoms with Crippen molar-refractivity contribution < 1.29 is 14.2 Å². The largest absolute Gasteiger partial charge is 0.486 e. The number of aromatic nitrogens is 2. The molecule has 0 amide bonds. The molecule has 7 nitrogen and oxygen atoms in total. The van der Waals surface area contributed by atoms with E-state index in [1.165, 1.54) is 11.9 Å². The van der Waals surface area contributed by atoms with Gasteiger partial charge in [-0.2, -0.15) is 0 Å². The third-order valence-electron chi connectivity index (χ3n) is 4.49. The number of anilines is 1. The first kappa shape index (κ1) is 16.0. The van der Waals surface area contributed by atoms with Crippen LogP contribution >= 0.6 is 0 Å². The molecule has 0 saturated carbocycles. The summed E-state index contributed by atoms with van der Waals surface area (Å²) in [5.41, 5.74) is 1.24. The van der Waals surface area contributed by atoms with Crippen LogP contribution < -0.4 is 19.5 Å². The minimum atomic E-state index is 0.372. The fraction of sp³-hybridized carbons (Fsp3) is 0.444. The molecule has 1 aromatic carbocycles. The van der Waals surface area contributed by atoms with Gasteiger partial charge in [0, 0.05) is 31.7 Å². The van der Waals surface area contributed by atoms with E-state index < -0.39 is 0 Å². The van der Waals surface area contributed by atoms with Gasteiger partial charge in [0.2, 0.25) is 5.88 Å². The molecule has 25 heavy (non-hydrogen) atoms. The lowest BCUT2D eigenvalue weighted by atomic mass is 10.2. The Balaban J connectivity index is 1.34. The van der Waals surface area contributed by atoms with Crippen LogP contribution in [-0.4, -0.2) is 54.3 Å². The quantitative estimate of drug-likeness (QED) is 0.890. The molecular formula is C18H22N4O3. The van der Waals surface area contributed by atoms with Gasteiger partial charge in [-0.05, 0) is 24.1 Å². The molecule has 1 fully saturated rings. The van der Waals surface area contributed by atoms with Crippen molar-refractivity contribution in [2.24, 2.45) is 0 Å². The van der Waals surface area contributed by atoms with Gasteiger partial charge in [-0.25, -0.2) is 9.97 Å². The Morgan fingerprint density at radius 2 is 2.08 bits per heavy atom. The number of hydrogen-bond donors (Lipinski definition) is 1.